The molecule has 94 valence electrons. The number of aliphatic hydroxyl groups excluding tert-OH is 1. The first-order valence-corrected chi connectivity index (χ1v) is 5.25. The van der Waals surface area contributed by atoms with Crippen molar-refractivity contribution in [2.45, 2.75) is 12.1 Å². The third-order valence-corrected chi connectivity index (χ3v) is 2.46. The van der Waals surface area contributed by atoms with E-state index in [1.54, 1.807) is 0 Å². The van der Waals surface area contributed by atoms with Crippen molar-refractivity contribution in [3.05, 3.63) is 35.9 Å². The van der Waals surface area contributed by atoms with Gasteiger partial charge in [-0.3, -0.25) is 5.32 Å². The summed E-state index contributed by atoms with van der Waals surface area (Å²) in [5.41, 5.74) is 1.03. The number of hydrogen-bond acceptors (Lipinski definition) is 5. The monoisotopic (exact) mass is 239 g/mol. The molecule has 1 saturated heterocycles. The lowest BCUT2D eigenvalue weighted by atomic mass is 10.0. The van der Waals surface area contributed by atoms with Crippen LogP contribution in [0.3, 0.4) is 0 Å². The van der Waals surface area contributed by atoms with Crippen molar-refractivity contribution in [2.24, 2.45) is 0 Å². The van der Waals surface area contributed by atoms with Crippen LogP contribution in [0.2, 0.25) is 0 Å². The predicted octanol–water partition coefficient (Wildman–Crippen LogP) is 0.455. The molecule has 0 aromatic heterocycles. The number of carbonyl (C=O) groups is 1. The quantitative estimate of drug-likeness (QED) is 0.734. The molecule has 1 aromatic carbocycles. The number of ether oxygens (including phenoxy) is 2. The van der Waals surface area contributed by atoms with Crippen molar-refractivity contribution in [1.82, 2.24) is 5.32 Å². The molecule has 1 fully saturated rings. The van der Waals surface area contributed by atoms with Crippen LogP contribution in [0.15, 0.2) is 30.3 Å². The second-order valence-corrected chi connectivity index (χ2v) is 3.35. The van der Waals surface area contributed by atoms with Gasteiger partial charge < -0.3 is 14.6 Å². The van der Waals surface area contributed by atoms with Gasteiger partial charge in [0.2, 0.25) is 0 Å². The second kappa shape index (κ2) is 7.01. The molecule has 1 aliphatic rings. The van der Waals surface area contributed by atoms with Crippen LogP contribution >= 0.6 is 0 Å². The molecule has 0 aliphatic carbocycles. The van der Waals surface area contributed by atoms with E-state index in [0.717, 1.165) is 12.7 Å². The lowest BCUT2D eigenvalue weighted by molar-refractivity contribution is -0.151. The first kappa shape index (κ1) is 13.6. The molecule has 0 amide bonds. The summed E-state index contributed by atoms with van der Waals surface area (Å²) >= 11 is 0. The van der Waals surface area contributed by atoms with Crippen LogP contribution < -0.4 is 5.32 Å². The molecule has 0 spiro atoms. The number of benzene rings is 1. The van der Waals surface area contributed by atoms with E-state index in [1.165, 1.54) is 7.11 Å². The summed E-state index contributed by atoms with van der Waals surface area (Å²) < 4.78 is 9.97. The van der Waals surface area contributed by atoms with Crippen molar-refractivity contribution in [1.29, 1.82) is 0 Å². The van der Waals surface area contributed by atoms with E-state index in [1.807, 2.05) is 30.3 Å². The Morgan fingerprint density at radius 1 is 1.41 bits per heavy atom. The van der Waals surface area contributed by atoms with Crippen molar-refractivity contribution < 1.29 is 19.4 Å². The Bertz CT molecular complexity index is 342. The lowest BCUT2D eigenvalue weighted by Crippen LogP contribution is -2.30. The molecule has 5 heteroatoms. The fourth-order valence-electron chi connectivity index (χ4n) is 1.70. The van der Waals surface area contributed by atoms with Crippen LogP contribution in [-0.2, 0) is 14.3 Å². The van der Waals surface area contributed by atoms with Crippen molar-refractivity contribution in [3.8, 4) is 0 Å². The molecule has 0 bridgehead atoms. The molecular weight excluding hydrogens is 222 g/mol. The fourth-order valence-corrected chi connectivity index (χ4v) is 1.70. The van der Waals surface area contributed by atoms with Crippen LogP contribution in [0.1, 0.15) is 11.6 Å². The third-order valence-electron chi connectivity index (χ3n) is 2.46. The Hall–Kier alpha value is -1.43. The fraction of sp³-hybridized carbons (Fsp3) is 0.417. The maximum atomic E-state index is 11.4. The Labute approximate surface area is 100 Å². The van der Waals surface area contributed by atoms with E-state index < -0.39 is 6.10 Å². The van der Waals surface area contributed by atoms with Gasteiger partial charge in [0.05, 0.1) is 19.9 Å². The molecule has 1 aromatic rings. The van der Waals surface area contributed by atoms with E-state index in [4.69, 9.17) is 9.84 Å². The summed E-state index contributed by atoms with van der Waals surface area (Å²) in [7, 11) is 2.37. The number of esters is 1. The molecule has 5 nitrogen and oxygen atoms in total. The van der Waals surface area contributed by atoms with Gasteiger partial charge in [-0.05, 0) is 5.56 Å². The summed E-state index contributed by atoms with van der Waals surface area (Å²) in [4.78, 5) is 11.4. The average molecular weight is 239 g/mol. The van der Waals surface area contributed by atoms with E-state index in [0.29, 0.717) is 6.73 Å². The smallest absolute Gasteiger partial charge is 0.337 e. The van der Waals surface area contributed by atoms with Crippen LogP contribution in [0.5, 0.6) is 0 Å². The summed E-state index contributed by atoms with van der Waals surface area (Å²) in [5, 5.41) is 10.1. The van der Waals surface area contributed by atoms with Gasteiger partial charge in [-0.15, -0.1) is 0 Å². The molecule has 2 N–H and O–H groups in total. The Morgan fingerprint density at radius 2 is 2.06 bits per heavy atom. The summed E-state index contributed by atoms with van der Waals surface area (Å²) in [6.45, 7) is 0.374. The van der Waals surface area contributed by atoms with Crippen molar-refractivity contribution in [3.63, 3.8) is 0 Å². The van der Waals surface area contributed by atoms with E-state index in [9.17, 15) is 4.79 Å². The molecular formula is C12H17NO4. The van der Waals surface area contributed by atoms with Gasteiger partial charge in [-0.2, -0.15) is 0 Å². The number of nitrogens with one attached hydrogen (secondary N) is 1. The number of hydrogen-bond donors (Lipinski definition) is 2. The van der Waals surface area contributed by atoms with Crippen LogP contribution in [0, 0.1) is 0 Å². The highest BCUT2D eigenvalue weighted by Crippen LogP contribution is 2.23. The maximum Gasteiger partial charge on any atom is 0.337 e. The SMILES string of the molecule is CO.COC(=O)C1OCNC1c1ccccc1. The highest BCUT2D eigenvalue weighted by Gasteiger charge is 2.35. The largest absolute Gasteiger partial charge is 0.467 e. The molecule has 1 aliphatic heterocycles. The normalized spacial score (nSPS) is 22.5. The van der Waals surface area contributed by atoms with E-state index in [-0.39, 0.29) is 12.0 Å². The summed E-state index contributed by atoms with van der Waals surface area (Å²) in [5.74, 6) is -0.339. The number of rotatable bonds is 2. The highest BCUT2D eigenvalue weighted by atomic mass is 16.6. The zero-order valence-electron chi connectivity index (χ0n) is 9.92. The standard InChI is InChI=1S/C11H13NO3.CH4O/c1-14-11(13)10-9(12-7-15-10)8-5-3-2-4-6-8;1-2/h2-6,9-10,12H,7H2,1H3;2H,1H3. The van der Waals surface area contributed by atoms with Gasteiger partial charge in [0, 0.05) is 7.11 Å². The topological polar surface area (TPSA) is 67.8 Å². The number of carbonyl (C=O) groups excluding carboxylic acids is 1. The molecule has 2 atom stereocenters. The average Bonchev–Trinajstić information content (AvgIpc) is 2.90. The minimum atomic E-state index is -0.544. The Balaban J connectivity index is 0.000000686. The van der Waals surface area contributed by atoms with E-state index in [2.05, 4.69) is 10.1 Å². The van der Waals surface area contributed by atoms with Gasteiger partial charge in [0.15, 0.2) is 6.10 Å². The molecule has 0 radical (unpaired) electrons. The highest BCUT2D eigenvalue weighted by molar-refractivity contribution is 5.76. The molecule has 2 rings (SSSR count). The Kier molecular flexibility index (Phi) is 5.62. The maximum absolute atomic E-state index is 11.4. The molecule has 1 heterocycles. The van der Waals surface area contributed by atoms with Crippen LogP contribution in [-0.4, -0.2) is 38.1 Å². The zero-order chi connectivity index (χ0) is 12.7. The van der Waals surface area contributed by atoms with Crippen LogP contribution in [0.25, 0.3) is 0 Å². The predicted molar refractivity (Wildman–Crippen MR) is 62.2 cm³/mol. The van der Waals surface area contributed by atoms with Crippen molar-refractivity contribution in [2.75, 3.05) is 21.0 Å². The van der Waals surface area contributed by atoms with Gasteiger partial charge in [0.25, 0.3) is 0 Å². The zero-order valence-corrected chi connectivity index (χ0v) is 9.92. The van der Waals surface area contributed by atoms with Gasteiger partial charge >= 0.3 is 5.97 Å². The lowest BCUT2D eigenvalue weighted by Gasteiger charge is -2.15. The molecule has 17 heavy (non-hydrogen) atoms. The minimum Gasteiger partial charge on any atom is -0.467 e. The molecule has 0 saturated carbocycles. The van der Waals surface area contributed by atoms with Crippen LogP contribution in [0.4, 0.5) is 0 Å². The first-order valence-electron chi connectivity index (χ1n) is 5.25. The third kappa shape index (κ3) is 3.26. The van der Waals surface area contributed by atoms with Crippen molar-refractivity contribution >= 4 is 5.97 Å². The van der Waals surface area contributed by atoms with Gasteiger partial charge in [-0.1, -0.05) is 30.3 Å². The van der Waals surface area contributed by atoms with Gasteiger partial charge in [-0.25, -0.2) is 4.79 Å². The van der Waals surface area contributed by atoms with E-state index >= 15 is 0 Å². The summed E-state index contributed by atoms with van der Waals surface area (Å²) in [6.07, 6.45) is -0.544. The number of methoxy groups -OCH3 is 1. The van der Waals surface area contributed by atoms with Gasteiger partial charge in [0.1, 0.15) is 0 Å². The molecule has 2 unspecified atom stereocenters. The minimum absolute atomic E-state index is 0.112. The Morgan fingerprint density at radius 3 is 2.65 bits per heavy atom. The second-order valence-electron chi connectivity index (χ2n) is 3.35. The number of aliphatic hydroxyl groups is 1. The first-order chi connectivity index (χ1) is 8.33. The summed E-state index contributed by atoms with van der Waals surface area (Å²) in [6, 6.07) is 9.61.